The van der Waals surface area contributed by atoms with Crippen molar-refractivity contribution in [2.75, 3.05) is 11.9 Å². The van der Waals surface area contributed by atoms with Gasteiger partial charge in [-0.15, -0.1) is 0 Å². The molecule has 0 unspecified atom stereocenters. The van der Waals surface area contributed by atoms with Crippen molar-refractivity contribution in [3.8, 4) is 16.8 Å². The van der Waals surface area contributed by atoms with E-state index in [1.165, 1.54) is 43.4 Å². The van der Waals surface area contributed by atoms with E-state index < -0.39 is 0 Å². The van der Waals surface area contributed by atoms with Crippen molar-refractivity contribution in [3.05, 3.63) is 84.6 Å². The maximum absolute atomic E-state index is 13.5. The van der Waals surface area contributed by atoms with Gasteiger partial charge in [0, 0.05) is 24.0 Å². The van der Waals surface area contributed by atoms with Crippen molar-refractivity contribution < 1.29 is 4.39 Å². The summed E-state index contributed by atoms with van der Waals surface area (Å²) in [7, 11) is 0. The number of anilines is 1. The summed E-state index contributed by atoms with van der Waals surface area (Å²) in [5.41, 5.74) is 5.36. The number of allylic oxidation sites excluding steroid dienone is 1. The first-order valence-electron chi connectivity index (χ1n) is 10.9. The molecule has 1 aliphatic carbocycles. The maximum atomic E-state index is 13.5. The van der Waals surface area contributed by atoms with Crippen LogP contribution >= 0.6 is 0 Å². The van der Waals surface area contributed by atoms with Crippen LogP contribution in [0.25, 0.3) is 27.8 Å². The summed E-state index contributed by atoms with van der Waals surface area (Å²) in [5.74, 6) is 0.582. The van der Waals surface area contributed by atoms with Gasteiger partial charge in [-0.05, 0) is 61.9 Å². The Hall–Kier alpha value is -3.47. The van der Waals surface area contributed by atoms with Crippen LogP contribution in [0, 0.1) is 5.82 Å². The van der Waals surface area contributed by atoms with Crippen molar-refractivity contribution in [3.63, 3.8) is 0 Å². The first-order chi connectivity index (χ1) is 15.3. The highest BCUT2D eigenvalue weighted by Crippen LogP contribution is 2.35. The number of nitrogens with zero attached hydrogens (tertiary/aromatic N) is 3. The summed E-state index contributed by atoms with van der Waals surface area (Å²) in [6, 6.07) is 16.7. The van der Waals surface area contributed by atoms with E-state index >= 15 is 0 Å². The molecule has 0 aliphatic heterocycles. The third kappa shape index (κ3) is 4.08. The molecule has 2 heterocycles. The summed E-state index contributed by atoms with van der Waals surface area (Å²) >= 11 is 0. The van der Waals surface area contributed by atoms with Crippen LogP contribution < -0.4 is 5.32 Å². The zero-order chi connectivity index (χ0) is 21.0. The van der Waals surface area contributed by atoms with Crippen molar-refractivity contribution >= 4 is 16.9 Å². The Morgan fingerprint density at radius 1 is 0.968 bits per heavy atom. The summed E-state index contributed by atoms with van der Waals surface area (Å²) in [6.45, 7) is 0.841. The minimum Gasteiger partial charge on any atom is -0.369 e. The molecule has 4 aromatic rings. The molecule has 0 atom stereocenters. The standard InChI is InChI=1S/C26H25FN4/c27-21-11-13-22(14-12-21)31-17-23(20-9-5-2-6-10-20)24-25(29-18-30-26(24)31)28-16-15-19-7-3-1-4-8-19/h2,5-7,9-14,17-18H,1,3-4,8,15-16H2,(H,28,29,30). The molecule has 156 valence electrons. The minimum atomic E-state index is -0.252. The molecule has 1 N–H and O–H groups in total. The largest absolute Gasteiger partial charge is 0.369 e. The van der Waals surface area contributed by atoms with Gasteiger partial charge in [-0.2, -0.15) is 0 Å². The third-order valence-electron chi connectivity index (χ3n) is 5.90. The topological polar surface area (TPSA) is 42.7 Å². The highest BCUT2D eigenvalue weighted by Gasteiger charge is 2.17. The Kier molecular flexibility index (Phi) is 5.48. The number of rotatable bonds is 6. The number of hydrogen-bond acceptors (Lipinski definition) is 3. The molecule has 0 saturated heterocycles. The molecular formula is C26H25FN4. The van der Waals surface area contributed by atoms with Gasteiger partial charge in [0.1, 0.15) is 18.0 Å². The van der Waals surface area contributed by atoms with Crippen LogP contribution in [0.3, 0.4) is 0 Å². The van der Waals surface area contributed by atoms with Gasteiger partial charge in [-0.3, -0.25) is 0 Å². The second-order valence-corrected chi connectivity index (χ2v) is 7.96. The van der Waals surface area contributed by atoms with Gasteiger partial charge in [-0.1, -0.05) is 42.0 Å². The average molecular weight is 413 g/mol. The van der Waals surface area contributed by atoms with Gasteiger partial charge < -0.3 is 9.88 Å². The molecule has 0 amide bonds. The van der Waals surface area contributed by atoms with Crippen LogP contribution in [0.4, 0.5) is 10.2 Å². The van der Waals surface area contributed by atoms with Gasteiger partial charge in [0.05, 0.1) is 5.39 Å². The van der Waals surface area contributed by atoms with E-state index in [4.69, 9.17) is 0 Å². The molecule has 5 heteroatoms. The van der Waals surface area contributed by atoms with Crippen LogP contribution in [0.1, 0.15) is 32.1 Å². The molecule has 2 aromatic carbocycles. The average Bonchev–Trinajstić information content (AvgIpc) is 3.21. The van der Waals surface area contributed by atoms with E-state index in [0.29, 0.717) is 0 Å². The smallest absolute Gasteiger partial charge is 0.150 e. The van der Waals surface area contributed by atoms with Crippen molar-refractivity contribution in [2.24, 2.45) is 0 Å². The SMILES string of the molecule is Fc1ccc(-n2cc(-c3ccccc3)c3c(NCCC4=CCCCC4)ncnc32)cc1. The molecule has 2 aromatic heterocycles. The molecule has 31 heavy (non-hydrogen) atoms. The lowest BCUT2D eigenvalue weighted by molar-refractivity contribution is 0.627. The van der Waals surface area contributed by atoms with Crippen molar-refractivity contribution in [2.45, 2.75) is 32.1 Å². The molecule has 0 radical (unpaired) electrons. The van der Waals surface area contributed by atoms with Gasteiger partial charge in [0.25, 0.3) is 0 Å². The van der Waals surface area contributed by atoms with E-state index in [1.54, 1.807) is 18.5 Å². The number of fused-ring (bicyclic) bond motifs is 1. The molecule has 0 fully saturated rings. The van der Waals surface area contributed by atoms with E-state index in [2.05, 4.69) is 39.7 Å². The predicted molar refractivity (Wildman–Crippen MR) is 124 cm³/mol. The van der Waals surface area contributed by atoms with Crippen LogP contribution in [-0.4, -0.2) is 21.1 Å². The summed E-state index contributed by atoms with van der Waals surface area (Å²) in [5, 5.41) is 4.54. The number of halogens is 1. The highest BCUT2D eigenvalue weighted by molar-refractivity contribution is 6.02. The van der Waals surface area contributed by atoms with Crippen molar-refractivity contribution in [1.29, 1.82) is 0 Å². The molecule has 1 aliphatic rings. The molecule has 0 spiro atoms. The van der Waals surface area contributed by atoms with E-state index in [9.17, 15) is 4.39 Å². The third-order valence-corrected chi connectivity index (χ3v) is 5.90. The quantitative estimate of drug-likeness (QED) is 0.366. The first kappa shape index (κ1) is 19.5. The number of hydrogen-bond donors (Lipinski definition) is 1. The summed E-state index contributed by atoms with van der Waals surface area (Å²) in [6.07, 6.45) is 12.1. The lowest BCUT2D eigenvalue weighted by Gasteiger charge is -2.14. The molecule has 0 saturated carbocycles. The monoisotopic (exact) mass is 412 g/mol. The van der Waals surface area contributed by atoms with Crippen LogP contribution in [-0.2, 0) is 0 Å². The van der Waals surface area contributed by atoms with Gasteiger partial charge >= 0.3 is 0 Å². The van der Waals surface area contributed by atoms with Crippen LogP contribution in [0.15, 0.2) is 78.8 Å². The fraction of sp³-hybridized carbons (Fsp3) is 0.231. The Morgan fingerprint density at radius 3 is 2.58 bits per heavy atom. The Morgan fingerprint density at radius 2 is 1.81 bits per heavy atom. The van der Waals surface area contributed by atoms with E-state index in [0.717, 1.165) is 46.6 Å². The maximum Gasteiger partial charge on any atom is 0.150 e. The Bertz CT molecular complexity index is 1210. The Labute approximate surface area is 181 Å². The lowest BCUT2D eigenvalue weighted by atomic mass is 9.97. The predicted octanol–water partition coefficient (Wildman–Crippen LogP) is 6.53. The van der Waals surface area contributed by atoms with Crippen molar-refractivity contribution in [1.82, 2.24) is 14.5 Å². The fourth-order valence-electron chi connectivity index (χ4n) is 4.30. The molecule has 5 rings (SSSR count). The molecule has 0 bridgehead atoms. The number of nitrogens with one attached hydrogen (secondary N) is 1. The second-order valence-electron chi connectivity index (χ2n) is 7.96. The van der Waals surface area contributed by atoms with Crippen LogP contribution in [0.5, 0.6) is 0 Å². The van der Waals surface area contributed by atoms with Gasteiger partial charge in [-0.25, -0.2) is 14.4 Å². The zero-order valence-electron chi connectivity index (χ0n) is 17.4. The highest BCUT2D eigenvalue weighted by atomic mass is 19.1. The van der Waals surface area contributed by atoms with Gasteiger partial charge in [0.15, 0.2) is 5.65 Å². The minimum absolute atomic E-state index is 0.252. The van der Waals surface area contributed by atoms with Gasteiger partial charge in [0.2, 0.25) is 0 Å². The normalized spacial score (nSPS) is 13.9. The second kappa shape index (κ2) is 8.72. The summed E-state index contributed by atoms with van der Waals surface area (Å²) in [4.78, 5) is 9.17. The Balaban J connectivity index is 1.56. The fourth-order valence-corrected chi connectivity index (χ4v) is 4.30. The van der Waals surface area contributed by atoms with E-state index in [-0.39, 0.29) is 5.82 Å². The molecule has 4 nitrogen and oxygen atoms in total. The number of aromatic nitrogens is 3. The summed E-state index contributed by atoms with van der Waals surface area (Å²) < 4.78 is 15.5. The zero-order valence-corrected chi connectivity index (χ0v) is 17.4. The number of benzene rings is 2. The lowest BCUT2D eigenvalue weighted by Crippen LogP contribution is -2.07. The molecular weight excluding hydrogens is 387 g/mol. The van der Waals surface area contributed by atoms with E-state index in [1.807, 2.05) is 22.8 Å². The van der Waals surface area contributed by atoms with Crippen LogP contribution in [0.2, 0.25) is 0 Å². The first-order valence-corrected chi connectivity index (χ1v) is 10.9.